The van der Waals surface area contributed by atoms with Gasteiger partial charge in [0.25, 0.3) is 0 Å². The zero-order valence-electron chi connectivity index (χ0n) is 12.2. The first-order chi connectivity index (χ1) is 8.58. The van der Waals surface area contributed by atoms with Crippen molar-refractivity contribution >= 4 is 18.5 Å². The smallest absolute Gasteiger partial charge is 0.225 e. The van der Waals surface area contributed by atoms with Gasteiger partial charge in [-0.3, -0.25) is 4.79 Å². The number of amides is 1. The Hall–Kier alpha value is -0.180. The third-order valence-corrected chi connectivity index (χ3v) is 4.89. The second kappa shape index (κ2) is 7.42. The lowest BCUT2D eigenvalue weighted by atomic mass is 9.79. The summed E-state index contributed by atoms with van der Waals surface area (Å²) in [5.41, 5.74) is 0.235. The molecule has 0 aromatic rings. The lowest BCUT2D eigenvalue weighted by Gasteiger charge is -2.40. The van der Waals surface area contributed by atoms with Gasteiger partial charge in [0.15, 0.2) is 0 Å². The molecule has 0 saturated carbocycles. The second-order valence-electron chi connectivity index (χ2n) is 5.96. The van der Waals surface area contributed by atoms with Crippen LogP contribution in [-0.4, -0.2) is 29.6 Å². The molecule has 18 heavy (non-hydrogen) atoms. The van der Waals surface area contributed by atoms with Gasteiger partial charge in [0, 0.05) is 19.0 Å². The van der Waals surface area contributed by atoms with Gasteiger partial charge in [0.05, 0.1) is 0 Å². The summed E-state index contributed by atoms with van der Waals surface area (Å²) in [4.78, 5) is 14.3. The zero-order valence-corrected chi connectivity index (χ0v) is 13.1. The van der Waals surface area contributed by atoms with Gasteiger partial charge >= 0.3 is 0 Å². The Morgan fingerprint density at radius 2 is 1.94 bits per heavy atom. The van der Waals surface area contributed by atoms with Crippen molar-refractivity contribution in [2.45, 2.75) is 59.3 Å². The predicted octanol–water partition coefficient (Wildman–Crippen LogP) is 3.76. The van der Waals surface area contributed by atoms with Crippen molar-refractivity contribution in [2.75, 3.05) is 18.8 Å². The SMILES string of the molecule is CCCC(CS)(CCC)CN1CCCC(C)C1=O. The number of hydrogen-bond donors (Lipinski definition) is 1. The highest BCUT2D eigenvalue weighted by Crippen LogP contribution is 2.34. The summed E-state index contributed by atoms with van der Waals surface area (Å²) < 4.78 is 0. The van der Waals surface area contributed by atoms with Crippen LogP contribution in [0.4, 0.5) is 0 Å². The Morgan fingerprint density at radius 3 is 2.44 bits per heavy atom. The van der Waals surface area contributed by atoms with E-state index in [2.05, 4.69) is 38.3 Å². The lowest BCUT2D eigenvalue weighted by molar-refractivity contribution is -0.139. The molecular weight excluding hydrogens is 242 g/mol. The molecule has 1 saturated heterocycles. The second-order valence-corrected chi connectivity index (χ2v) is 6.28. The highest BCUT2D eigenvalue weighted by Gasteiger charge is 2.34. The molecule has 0 N–H and O–H groups in total. The van der Waals surface area contributed by atoms with E-state index in [1.54, 1.807) is 0 Å². The van der Waals surface area contributed by atoms with Gasteiger partial charge in [0.2, 0.25) is 5.91 Å². The third-order valence-electron chi connectivity index (χ3n) is 4.22. The van der Waals surface area contributed by atoms with Crippen molar-refractivity contribution in [1.82, 2.24) is 4.90 Å². The molecule has 0 aromatic carbocycles. The Labute approximate surface area is 118 Å². The molecule has 1 fully saturated rings. The Bertz CT molecular complexity index is 261. The number of carbonyl (C=O) groups is 1. The maximum Gasteiger partial charge on any atom is 0.225 e. The van der Waals surface area contributed by atoms with E-state index in [0.29, 0.717) is 5.91 Å². The number of nitrogens with zero attached hydrogens (tertiary/aromatic N) is 1. The topological polar surface area (TPSA) is 20.3 Å². The van der Waals surface area contributed by atoms with Crippen molar-refractivity contribution in [2.24, 2.45) is 11.3 Å². The summed E-state index contributed by atoms with van der Waals surface area (Å²) in [5.74, 6) is 1.48. The van der Waals surface area contributed by atoms with Crippen LogP contribution in [0.15, 0.2) is 0 Å². The van der Waals surface area contributed by atoms with E-state index in [-0.39, 0.29) is 11.3 Å². The van der Waals surface area contributed by atoms with E-state index in [1.165, 1.54) is 25.7 Å². The summed E-state index contributed by atoms with van der Waals surface area (Å²) in [6.07, 6.45) is 6.94. The van der Waals surface area contributed by atoms with Gasteiger partial charge in [-0.1, -0.05) is 33.6 Å². The molecular formula is C15H29NOS. The summed E-state index contributed by atoms with van der Waals surface area (Å²) in [5, 5.41) is 0. The van der Waals surface area contributed by atoms with E-state index in [0.717, 1.165) is 31.7 Å². The van der Waals surface area contributed by atoms with Crippen LogP contribution < -0.4 is 0 Å². The maximum absolute atomic E-state index is 12.2. The van der Waals surface area contributed by atoms with Gasteiger partial charge < -0.3 is 4.90 Å². The Balaban J connectivity index is 2.72. The van der Waals surface area contributed by atoms with Gasteiger partial charge in [-0.15, -0.1) is 0 Å². The largest absolute Gasteiger partial charge is 0.342 e. The van der Waals surface area contributed by atoms with Crippen molar-refractivity contribution in [3.05, 3.63) is 0 Å². The molecule has 0 spiro atoms. The predicted molar refractivity (Wildman–Crippen MR) is 81.1 cm³/mol. The molecule has 1 aliphatic heterocycles. The highest BCUT2D eigenvalue weighted by atomic mass is 32.1. The minimum atomic E-state index is 0.222. The molecule has 1 rings (SSSR count). The first kappa shape index (κ1) is 15.9. The van der Waals surface area contributed by atoms with Crippen molar-refractivity contribution in [3.8, 4) is 0 Å². The van der Waals surface area contributed by atoms with Crippen molar-refractivity contribution < 1.29 is 4.79 Å². The molecule has 3 heteroatoms. The fourth-order valence-corrected chi connectivity index (χ4v) is 3.66. The van der Waals surface area contributed by atoms with Crippen molar-refractivity contribution in [1.29, 1.82) is 0 Å². The molecule has 0 bridgehead atoms. The third kappa shape index (κ3) is 3.91. The number of piperidine rings is 1. The summed E-state index contributed by atoms with van der Waals surface area (Å²) in [6.45, 7) is 8.40. The van der Waals surface area contributed by atoms with Crippen LogP contribution in [-0.2, 0) is 4.79 Å². The van der Waals surface area contributed by atoms with E-state index in [9.17, 15) is 4.79 Å². The number of thiol groups is 1. The Kier molecular flexibility index (Phi) is 6.54. The van der Waals surface area contributed by atoms with E-state index >= 15 is 0 Å². The summed E-state index contributed by atoms with van der Waals surface area (Å²) in [6, 6.07) is 0. The molecule has 0 radical (unpaired) electrons. The first-order valence-electron chi connectivity index (χ1n) is 7.48. The maximum atomic E-state index is 12.2. The van der Waals surface area contributed by atoms with Crippen LogP contribution in [0.25, 0.3) is 0 Å². The molecule has 1 aliphatic rings. The minimum absolute atomic E-state index is 0.222. The molecule has 106 valence electrons. The molecule has 0 aliphatic carbocycles. The molecule has 1 atom stereocenters. The van der Waals surface area contributed by atoms with Crippen LogP contribution in [0, 0.1) is 11.3 Å². The van der Waals surface area contributed by atoms with Crippen LogP contribution in [0.1, 0.15) is 59.3 Å². The first-order valence-corrected chi connectivity index (χ1v) is 8.11. The van der Waals surface area contributed by atoms with Gasteiger partial charge in [-0.2, -0.15) is 12.6 Å². The van der Waals surface area contributed by atoms with Crippen LogP contribution in [0.2, 0.25) is 0 Å². The summed E-state index contributed by atoms with van der Waals surface area (Å²) in [7, 11) is 0. The van der Waals surface area contributed by atoms with E-state index in [1.807, 2.05) is 0 Å². The zero-order chi connectivity index (χ0) is 13.6. The molecule has 0 aromatic heterocycles. The van der Waals surface area contributed by atoms with Gasteiger partial charge in [0.1, 0.15) is 0 Å². The van der Waals surface area contributed by atoms with Crippen molar-refractivity contribution in [3.63, 3.8) is 0 Å². The normalized spacial score (nSPS) is 21.4. The van der Waals surface area contributed by atoms with Gasteiger partial charge in [-0.05, 0) is 36.9 Å². The Morgan fingerprint density at radius 1 is 1.33 bits per heavy atom. The number of carbonyl (C=O) groups excluding carboxylic acids is 1. The molecule has 1 amide bonds. The number of likely N-dealkylation sites (tertiary alicyclic amines) is 1. The van der Waals surface area contributed by atoms with Gasteiger partial charge in [-0.25, -0.2) is 0 Å². The molecule has 1 unspecified atom stereocenters. The highest BCUT2D eigenvalue weighted by molar-refractivity contribution is 7.80. The number of hydrogen-bond acceptors (Lipinski definition) is 2. The van der Waals surface area contributed by atoms with Crippen LogP contribution in [0.5, 0.6) is 0 Å². The minimum Gasteiger partial charge on any atom is -0.342 e. The fraction of sp³-hybridized carbons (Fsp3) is 0.933. The molecule has 1 heterocycles. The molecule has 2 nitrogen and oxygen atoms in total. The standard InChI is InChI=1S/C15H29NOS/c1-4-8-15(12-18,9-5-2)11-16-10-6-7-13(3)14(16)17/h13,18H,4-12H2,1-3H3. The lowest BCUT2D eigenvalue weighted by Crippen LogP contribution is -2.47. The quantitative estimate of drug-likeness (QED) is 0.699. The summed E-state index contributed by atoms with van der Waals surface area (Å²) >= 11 is 4.58. The fourth-order valence-electron chi connectivity index (χ4n) is 3.25. The average molecular weight is 271 g/mol. The van der Waals surface area contributed by atoms with Crippen LogP contribution >= 0.6 is 12.6 Å². The monoisotopic (exact) mass is 271 g/mol. The number of rotatable bonds is 7. The average Bonchev–Trinajstić information content (AvgIpc) is 2.35. The van der Waals surface area contributed by atoms with Crippen LogP contribution in [0.3, 0.4) is 0 Å². The van der Waals surface area contributed by atoms with E-state index < -0.39 is 0 Å². The van der Waals surface area contributed by atoms with E-state index in [4.69, 9.17) is 0 Å².